The van der Waals surface area contributed by atoms with Gasteiger partial charge in [0.15, 0.2) is 0 Å². The number of allylic oxidation sites excluding steroid dienone is 1. The first kappa shape index (κ1) is 18.6. The summed E-state index contributed by atoms with van der Waals surface area (Å²) < 4.78 is 6.06. The van der Waals surface area contributed by atoms with Crippen molar-refractivity contribution in [3.63, 3.8) is 0 Å². The largest absolute Gasteiger partial charge is 0.477 e. The fraction of sp³-hybridized carbons (Fsp3) is 0.524. The molecule has 1 aliphatic heterocycles. The van der Waals surface area contributed by atoms with Gasteiger partial charge < -0.3 is 15.0 Å². The molecule has 0 amide bonds. The molecule has 2 aromatic rings. The van der Waals surface area contributed by atoms with Crippen molar-refractivity contribution in [1.82, 2.24) is 15.3 Å². The number of benzene rings is 1. The van der Waals surface area contributed by atoms with Crippen molar-refractivity contribution in [3.8, 4) is 5.88 Å². The minimum atomic E-state index is 0.369. The lowest BCUT2D eigenvalue weighted by Crippen LogP contribution is -2.51. The smallest absolute Gasteiger partial charge is 0.229 e. The topological polar surface area (TPSA) is 50.3 Å². The van der Waals surface area contributed by atoms with Crippen LogP contribution >= 0.6 is 0 Å². The van der Waals surface area contributed by atoms with Crippen LogP contribution < -0.4 is 15.0 Å². The summed E-state index contributed by atoms with van der Waals surface area (Å²) in [5, 5.41) is 4.47. The Morgan fingerprint density at radius 3 is 3.00 bits per heavy atom. The molecule has 0 spiro atoms. The number of nitrogens with one attached hydrogen (secondary N) is 1. The van der Waals surface area contributed by atoms with Gasteiger partial charge in [-0.05, 0) is 31.9 Å². The van der Waals surface area contributed by atoms with E-state index >= 15 is 0 Å². The SMILES string of the molecule is CC=CCC1CNCCN1c1nc(OCCCCC)c2ccccc2n1. The molecule has 0 saturated carbocycles. The number of unbranched alkanes of at least 4 members (excludes halogenated alkanes) is 2. The summed E-state index contributed by atoms with van der Waals surface area (Å²) in [6.45, 7) is 7.79. The molecule has 1 saturated heterocycles. The molecule has 0 radical (unpaired) electrons. The molecule has 26 heavy (non-hydrogen) atoms. The molecule has 1 aliphatic rings. The number of anilines is 1. The maximum atomic E-state index is 6.06. The van der Waals surface area contributed by atoms with Crippen LogP contribution in [0.4, 0.5) is 5.95 Å². The molecular weight excluding hydrogens is 324 g/mol. The van der Waals surface area contributed by atoms with Crippen molar-refractivity contribution in [3.05, 3.63) is 36.4 Å². The number of aromatic nitrogens is 2. The third-order valence-electron chi connectivity index (χ3n) is 4.79. The van der Waals surface area contributed by atoms with Crippen molar-refractivity contribution in [2.24, 2.45) is 0 Å². The molecule has 1 unspecified atom stereocenters. The van der Waals surface area contributed by atoms with Crippen molar-refractivity contribution in [2.45, 2.75) is 45.6 Å². The third kappa shape index (κ3) is 4.52. The molecule has 0 aliphatic carbocycles. The number of fused-ring (bicyclic) bond motifs is 1. The van der Waals surface area contributed by atoms with E-state index in [-0.39, 0.29) is 0 Å². The predicted octanol–water partition coefficient (Wildman–Crippen LogP) is 3.94. The van der Waals surface area contributed by atoms with E-state index in [2.05, 4.69) is 36.2 Å². The van der Waals surface area contributed by atoms with Crippen molar-refractivity contribution >= 4 is 16.9 Å². The number of rotatable bonds is 8. The van der Waals surface area contributed by atoms with Gasteiger partial charge in [-0.25, -0.2) is 4.98 Å². The predicted molar refractivity (Wildman–Crippen MR) is 108 cm³/mol. The molecule has 5 nitrogen and oxygen atoms in total. The Morgan fingerprint density at radius 1 is 1.27 bits per heavy atom. The van der Waals surface area contributed by atoms with E-state index in [1.165, 1.54) is 12.8 Å². The molecule has 1 aromatic carbocycles. The van der Waals surface area contributed by atoms with Gasteiger partial charge in [0.25, 0.3) is 0 Å². The zero-order chi connectivity index (χ0) is 18.2. The van der Waals surface area contributed by atoms with E-state index in [0.29, 0.717) is 18.5 Å². The van der Waals surface area contributed by atoms with Crippen LogP contribution in [0.25, 0.3) is 10.9 Å². The minimum absolute atomic E-state index is 0.369. The Hall–Kier alpha value is -2.14. The summed E-state index contributed by atoms with van der Waals surface area (Å²) in [4.78, 5) is 12.0. The minimum Gasteiger partial charge on any atom is -0.477 e. The molecule has 1 N–H and O–H groups in total. The second-order valence-corrected chi connectivity index (χ2v) is 6.76. The number of ether oxygens (including phenoxy) is 1. The van der Waals surface area contributed by atoms with E-state index in [1.54, 1.807) is 0 Å². The Kier molecular flexibility index (Phi) is 6.83. The van der Waals surface area contributed by atoms with Gasteiger partial charge in [-0.2, -0.15) is 4.98 Å². The van der Waals surface area contributed by atoms with Crippen molar-refractivity contribution < 1.29 is 4.74 Å². The number of hydrogen-bond donors (Lipinski definition) is 1. The molecule has 1 aromatic heterocycles. The molecule has 1 atom stereocenters. The fourth-order valence-electron chi connectivity index (χ4n) is 3.32. The normalized spacial score (nSPS) is 17.9. The summed E-state index contributed by atoms with van der Waals surface area (Å²) in [6.07, 6.45) is 8.74. The number of para-hydroxylation sites is 1. The second kappa shape index (κ2) is 9.53. The van der Waals surface area contributed by atoms with Gasteiger partial charge in [0.05, 0.1) is 17.5 Å². The van der Waals surface area contributed by atoms with Crippen LogP contribution in [0.5, 0.6) is 5.88 Å². The molecule has 140 valence electrons. The van der Waals surface area contributed by atoms with E-state index in [9.17, 15) is 0 Å². The zero-order valence-electron chi connectivity index (χ0n) is 15.9. The zero-order valence-corrected chi connectivity index (χ0v) is 15.9. The Morgan fingerprint density at radius 2 is 2.15 bits per heavy atom. The van der Waals surface area contributed by atoms with Crippen LogP contribution in [-0.2, 0) is 0 Å². The van der Waals surface area contributed by atoms with Crippen LogP contribution in [0, 0.1) is 0 Å². The van der Waals surface area contributed by atoms with Crippen LogP contribution in [0.15, 0.2) is 36.4 Å². The standard InChI is InChI=1S/C21H30N4O/c1-3-5-9-15-26-20-18-11-7-8-12-19(18)23-21(24-20)25-14-13-22-16-17(25)10-6-4-2/h4,6-8,11-12,17,22H,3,5,9-10,13-16H2,1-2H3. The van der Waals surface area contributed by atoms with Gasteiger partial charge in [0.2, 0.25) is 11.8 Å². The highest BCUT2D eigenvalue weighted by Gasteiger charge is 2.24. The summed E-state index contributed by atoms with van der Waals surface area (Å²) in [5.41, 5.74) is 0.950. The Balaban J connectivity index is 1.89. The maximum Gasteiger partial charge on any atom is 0.229 e. The van der Waals surface area contributed by atoms with Crippen LogP contribution in [0.1, 0.15) is 39.5 Å². The monoisotopic (exact) mass is 354 g/mol. The Bertz CT molecular complexity index is 731. The average Bonchev–Trinajstić information content (AvgIpc) is 2.69. The average molecular weight is 354 g/mol. The maximum absolute atomic E-state index is 6.06. The highest BCUT2D eigenvalue weighted by Crippen LogP contribution is 2.27. The molecule has 1 fully saturated rings. The van der Waals surface area contributed by atoms with Gasteiger partial charge in [-0.15, -0.1) is 0 Å². The van der Waals surface area contributed by atoms with Crippen LogP contribution in [0.2, 0.25) is 0 Å². The van der Waals surface area contributed by atoms with Crippen LogP contribution in [-0.4, -0.2) is 42.3 Å². The summed E-state index contributed by atoms with van der Waals surface area (Å²) in [6, 6.07) is 8.50. The first-order valence-corrected chi connectivity index (χ1v) is 9.81. The van der Waals surface area contributed by atoms with E-state index in [0.717, 1.165) is 49.3 Å². The van der Waals surface area contributed by atoms with Crippen LogP contribution in [0.3, 0.4) is 0 Å². The lowest BCUT2D eigenvalue weighted by molar-refractivity contribution is 0.298. The molecule has 2 heterocycles. The lowest BCUT2D eigenvalue weighted by Gasteiger charge is -2.36. The number of nitrogens with zero attached hydrogens (tertiary/aromatic N) is 3. The first-order valence-electron chi connectivity index (χ1n) is 9.81. The lowest BCUT2D eigenvalue weighted by atomic mass is 10.1. The van der Waals surface area contributed by atoms with E-state index in [1.807, 2.05) is 24.3 Å². The second-order valence-electron chi connectivity index (χ2n) is 6.76. The van der Waals surface area contributed by atoms with Gasteiger partial charge in [0.1, 0.15) is 0 Å². The number of hydrogen-bond acceptors (Lipinski definition) is 5. The highest BCUT2D eigenvalue weighted by molar-refractivity contribution is 5.84. The van der Waals surface area contributed by atoms with Crippen molar-refractivity contribution in [2.75, 3.05) is 31.1 Å². The molecule has 3 rings (SSSR count). The first-order chi connectivity index (χ1) is 12.8. The summed E-state index contributed by atoms with van der Waals surface area (Å²) in [7, 11) is 0. The van der Waals surface area contributed by atoms with E-state index < -0.39 is 0 Å². The molecule has 0 bridgehead atoms. The quantitative estimate of drug-likeness (QED) is 0.575. The third-order valence-corrected chi connectivity index (χ3v) is 4.79. The molecule has 5 heteroatoms. The molecular formula is C21H30N4O. The van der Waals surface area contributed by atoms with Gasteiger partial charge in [-0.3, -0.25) is 0 Å². The Labute approximate surface area is 156 Å². The number of piperazine rings is 1. The van der Waals surface area contributed by atoms with E-state index in [4.69, 9.17) is 14.7 Å². The van der Waals surface area contributed by atoms with Crippen molar-refractivity contribution in [1.29, 1.82) is 0 Å². The van der Waals surface area contributed by atoms with Gasteiger partial charge in [0, 0.05) is 25.7 Å². The van der Waals surface area contributed by atoms with Gasteiger partial charge in [-0.1, -0.05) is 44.1 Å². The summed E-state index contributed by atoms with van der Waals surface area (Å²) in [5.74, 6) is 1.50. The highest BCUT2D eigenvalue weighted by atomic mass is 16.5. The van der Waals surface area contributed by atoms with Gasteiger partial charge >= 0.3 is 0 Å². The summed E-state index contributed by atoms with van der Waals surface area (Å²) >= 11 is 0. The fourth-order valence-corrected chi connectivity index (χ4v) is 3.32.